The van der Waals surface area contributed by atoms with E-state index < -0.39 is 0 Å². The van der Waals surface area contributed by atoms with Crippen LogP contribution in [0.1, 0.15) is 39.5 Å². The van der Waals surface area contributed by atoms with Crippen LogP contribution in [-0.2, 0) is 0 Å². The molecular weight excluding hydrogens is 252 g/mol. The van der Waals surface area contributed by atoms with Gasteiger partial charge in [0.15, 0.2) is 5.96 Å². The van der Waals surface area contributed by atoms with Gasteiger partial charge in [-0.2, -0.15) is 0 Å². The number of furan rings is 1. The zero-order valence-electron chi connectivity index (χ0n) is 13.1. The van der Waals surface area contributed by atoms with E-state index in [9.17, 15) is 0 Å². The van der Waals surface area contributed by atoms with Crippen molar-refractivity contribution in [2.75, 3.05) is 26.2 Å². The molecule has 3 N–H and O–H groups in total. The highest BCUT2D eigenvalue weighted by molar-refractivity contribution is 5.77. The maximum Gasteiger partial charge on any atom is 0.188 e. The lowest BCUT2D eigenvalue weighted by molar-refractivity contribution is 0.193. The highest BCUT2D eigenvalue weighted by atomic mass is 16.3. The Morgan fingerprint density at radius 1 is 1.40 bits per heavy atom. The van der Waals surface area contributed by atoms with Gasteiger partial charge < -0.3 is 15.5 Å². The largest absolute Gasteiger partial charge is 0.468 e. The Morgan fingerprint density at radius 3 is 2.60 bits per heavy atom. The summed E-state index contributed by atoms with van der Waals surface area (Å²) in [4.78, 5) is 6.66. The standard InChI is InChI=1S/C15H28N4O/c1-5-19(6-2)13(14-8-7-9-20-14)11-18-15(16)17-10-12(3)4/h7-9,12-13H,5-6,10-11H2,1-4H3,(H3,16,17,18). The zero-order valence-corrected chi connectivity index (χ0v) is 13.1. The molecule has 20 heavy (non-hydrogen) atoms. The normalized spacial score (nSPS) is 14.0. The third kappa shape index (κ3) is 5.25. The van der Waals surface area contributed by atoms with Gasteiger partial charge in [-0.15, -0.1) is 0 Å². The van der Waals surface area contributed by atoms with E-state index in [1.165, 1.54) is 0 Å². The number of guanidine groups is 1. The molecule has 0 amide bonds. The SMILES string of the molecule is CCN(CC)C(CNC(N)=NCC(C)C)c1ccco1. The summed E-state index contributed by atoms with van der Waals surface area (Å²) < 4.78 is 5.55. The Morgan fingerprint density at radius 2 is 2.10 bits per heavy atom. The van der Waals surface area contributed by atoms with E-state index in [1.54, 1.807) is 6.26 Å². The van der Waals surface area contributed by atoms with Gasteiger partial charge in [-0.3, -0.25) is 9.89 Å². The van der Waals surface area contributed by atoms with E-state index in [0.717, 1.165) is 25.4 Å². The molecular formula is C15H28N4O. The van der Waals surface area contributed by atoms with Gasteiger partial charge in [-0.1, -0.05) is 27.7 Å². The maximum absolute atomic E-state index is 5.90. The van der Waals surface area contributed by atoms with Gasteiger partial charge in [0, 0.05) is 13.1 Å². The minimum atomic E-state index is 0.174. The van der Waals surface area contributed by atoms with Crippen LogP contribution in [0.4, 0.5) is 0 Å². The smallest absolute Gasteiger partial charge is 0.188 e. The van der Waals surface area contributed by atoms with E-state index in [0.29, 0.717) is 18.4 Å². The number of aliphatic imine (C=N–C) groups is 1. The van der Waals surface area contributed by atoms with Crippen LogP contribution < -0.4 is 11.1 Å². The number of nitrogens with zero attached hydrogens (tertiary/aromatic N) is 2. The molecule has 0 fully saturated rings. The number of nitrogens with two attached hydrogens (primary N) is 1. The number of likely N-dealkylation sites (N-methyl/N-ethyl adjacent to an activating group) is 1. The van der Waals surface area contributed by atoms with Crippen molar-refractivity contribution >= 4 is 5.96 Å². The molecule has 1 aromatic rings. The molecule has 0 aromatic carbocycles. The maximum atomic E-state index is 5.90. The summed E-state index contributed by atoms with van der Waals surface area (Å²) in [6, 6.07) is 4.10. The molecule has 0 radical (unpaired) electrons. The van der Waals surface area contributed by atoms with Crippen molar-refractivity contribution in [3.8, 4) is 0 Å². The highest BCUT2D eigenvalue weighted by Gasteiger charge is 2.20. The summed E-state index contributed by atoms with van der Waals surface area (Å²) in [5.41, 5.74) is 5.90. The first-order chi connectivity index (χ1) is 9.58. The van der Waals surface area contributed by atoms with Crippen molar-refractivity contribution in [1.29, 1.82) is 0 Å². The van der Waals surface area contributed by atoms with Crippen LogP contribution in [-0.4, -0.2) is 37.0 Å². The summed E-state index contributed by atoms with van der Waals surface area (Å²) in [5, 5.41) is 3.20. The third-order valence-electron chi connectivity index (χ3n) is 3.23. The summed E-state index contributed by atoms with van der Waals surface area (Å²) in [7, 11) is 0. The fourth-order valence-corrected chi connectivity index (χ4v) is 2.09. The Hall–Kier alpha value is -1.49. The van der Waals surface area contributed by atoms with Crippen LogP contribution in [0.5, 0.6) is 0 Å². The van der Waals surface area contributed by atoms with Gasteiger partial charge in [0.2, 0.25) is 0 Å². The van der Waals surface area contributed by atoms with Gasteiger partial charge in [0.1, 0.15) is 5.76 Å². The molecule has 5 nitrogen and oxygen atoms in total. The first kappa shape index (κ1) is 16.6. The average Bonchev–Trinajstić information content (AvgIpc) is 2.94. The minimum absolute atomic E-state index is 0.174. The predicted octanol–water partition coefficient (Wildman–Crippen LogP) is 2.22. The minimum Gasteiger partial charge on any atom is -0.468 e. The number of nitrogens with one attached hydrogen (secondary N) is 1. The first-order valence-electron chi connectivity index (χ1n) is 7.39. The number of hydrogen-bond donors (Lipinski definition) is 2. The van der Waals surface area contributed by atoms with Crippen LogP contribution in [0, 0.1) is 5.92 Å². The molecule has 0 aliphatic rings. The first-order valence-corrected chi connectivity index (χ1v) is 7.39. The quantitative estimate of drug-likeness (QED) is 0.566. The summed E-state index contributed by atoms with van der Waals surface area (Å²) in [5.74, 6) is 1.97. The zero-order chi connectivity index (χ0) is 15.0. The third-order valence-corrected chi connectivity index (χ3v) is 3.23. The van der Waals surface area contributed by atoms with Crippen LogP contribution in [0.25, 0.3) is 0 Å². The van der Waals surface area contributed by atoms with E-state index in [2.05, 4.69) is 42.9 Å². The molecule has 0 saturated heterocycles. The van der Waals surface area contributed by atoms with E-state index in [-0.39, 0.29) is 6.04 Å². The summed E-state index contributed by atoms with van der Waals surface area (Å²) in [6.07, 6.45) is 1.71. The molecule has 114 valence electrons. The van der Waals surface area contributed by atoms with Crippen LogP contribution >= 0.6 is 0 Å². The van der Waals surface area contributed by atoms with Gasteiger partial charge >= 0.3 is 0 Å². The topological polar surface area (TPSA) is 66.8 Å². The molecule has 0 aliphatic carbocycles. The lowest BCUT2D eigenvalue weighted by Crippen LogP contribution is -2.41. The predicted molar refractivity (Wildman–Crippen MR) is 83.7 cm³/mol. The highest BCUT2D eigenvalue weighted by Crippen LogP contribution is 2.19. The second-order valence-corrected chi connectivity index (χ2v) is 5.25. The Bertz CT molecular complexity index is 383. The number of hydrogen-bond acceptors (Lipinski definition) is 3. The summed E-state index contributed by atoms with van der Waals surface area (Å²) >= 11 is 0. The fraction of sp³-hybridized carbons (Fsp3) is 0.667. The average molecular weight is 280 g/mol. The van der Waals surface area contributed by atoms with Gasteiger partial charge in [-0.25, -0.2) is 0 Å². The van der Waals surface area contributed by atoms with Crippen LogP contribution in [0.2, 0.25) is 0 Å². The van der Waals surface area contributed by atoms with Crippen molar-refractivity contribution in [2.24, 2.45) is 16.6 Å². The monoisotopic (exact) mass is 280 g/mol. The molecule has 1 atom stereocenters. The molecule has 0 bridgehead atoms. The Labute approximate surface area is 122 Å². The fourth-order valence-electron chi connectivity index (χ4n) is 2.09. The van der Waals surface area contributed by atoms with Gasteiger partial charge in [0.25, 0.3) is 0 Å². The second kappa shape index (κ2) is 8.64. The van der Waals surface area contributed by atoms with Crippen molar-refractivity contribution in [3.05, 3.63) is 24.2 Å². The van der Waals surface area contributed by atoms with Crippen LogP contribution in [0.15, 0.2) is 27.8 Å². The van der Waals surface area contributed by atoms with E-state index >= 15 is 0 Å². The molecule has 1 heterocycles. The Balaban J connectivity index is 2.64. The van der Waals surface area contributed by atoms with Crippen molar-refractivity contribution < 1.29 is 4.42 Å². The second-order valence-electron chi connectivity index (χ2n) is 5.25. The van der Waals surface area contributed by atoms with E-state index in [1.807, 2.05) is 12.1 Å². The molecule has 0 saturated carbocycles. The van der Waals surface area contributed by atoms with Gasteiger partial charge in [0.05, 0.1) is 12.3 Å². The van der Waals surface area contributed by atoms with Crippen molar-refractivity contribution in [3.63, 3.8) is 0 Å². The van der Waals surface area contributed by atoms with Gasteiger partial charge in [-0.05, 0) is 31.1 Å². The van der Waals surface area contributed by atoms with Crippen LogP contribution in [0.3, 0.4) is 0 Å². The lowest BCUT2D eigenvalue weighted by atomic mass is 10.2. The Kier molecular flexibility index (Phi) is 7.15. The molecule has 0 aliphatic heterocycles. The lowest BCUT2D eigenvalue weighted by Gasteiger charge is -2.28. The number of rotatable bonds is 8. The van der Waals surface area contributed by atoms with Crippen molar-refractivity contribution in [2.45, 2.75) is 33.7 Å². The summed E-state index contributed by atoms with van der Waals surface area (Å²) in [6.45, 7) is 11.9. The van der Waals surface area contributed by atoms with E-state index in [4.69, 9.17) is 10.2 Å². The molecule has 5 heteroatoms. The van der Waals surface area contributed by atoms with Crippen molar-refractivity contribution in [1.82, 2.24) is 10.2 Å². The molecule has 1 rings (SSSR count). The molecule has 1 aromatic heterocycles. The molecule has 1 unspecified atom stereocenters. The molecule has 0 spiro atoms.